The molecule has 0 aliphatic carbocycles. The largest absolute Gasteiger partial charge is 0.508 e. The van der Waals surface area contributed by atoms with Gasteiger partial charge in [-0.05, 0) is 49.8 Å². The molecule has 0 fully saturated rings. The second-order valence-electron chi connectivity index (χ2n) is 8.68. The van der Waals surface area contributed by atoms with E-state index in [4.69, 9.17) is 4.74 Å². The summed E-state index contributed by atoms with van der Waals surface area (Å²) in [4.78, 5) is 24.0. The molecule has 1 aromatic carbocycles. The molecule has 0 saturated carbocycles. The highest BCUT2D eigenvalue weighted by Crippen LogP contribution is 2.13. The van der Waals surface area contributed by atoms with Gasteiger partial charge in [-0.2, -0.15) is 5.48 Å². The molecular weight excluding hydrogens is 418 g/mol. The van der Waals surface area contributed by atoms with E-state index in [0.29, 0.717) is 6.42 Å². The first-order valence-corrected chi connectivity index (χ1v) is 12.6. The van der Waals surface area contributed by atoms with E-state index in [-0.39, 0.29) is 18.6 Å². The maximum atomic E-state index is 12.1. The SMILES string of the molecule is CCCCCCCCC=CCCCCCCCC(=O)OC(=O)[C@H](Cc1ccc(O)cc1)NO. The van der Waals surface area contributed by atoms with Crippen molar-refractivity contribution in [1.82, 2.24) is 5.48 Å². The van der Waals surface area contributed by atoms with Crippen molar-refractivity contribution in [2.24, 2.45) is 0 Å². The number of hydrogen-bond donors (Lipinski definition) is 3. The van der Waals surface area contributed by atoms with Crippen LogP contribution in [0.25, 0.3) is 0 Å². The molecule has 186 valence electrons. The Balaban J connectivity index is 2.02. The van der Waals surface area contributed by atoms with Gasteiger partial charge in [0.2, 0.25) is 0 Å². The molecule has 6 heteroatoms. The van der Waals surface area contributed by atoms with Crippen molar-refractivity contribution >= 4 is 11.9 Å². The number of rotatable bonds is 19. The maximum Gasteiger partial charge on any atom is 0.333 e. The van der Waals surface area contributed by atoms with Gasteiger partial charge < -0.3 is 15.1 Å². The summed E-state index contributed by atoms with van der Waals surface area (Å²) in [5.74, 6) is -1.25. The Morgan fingerprint density at radius 1 is 0.879 bits per heavy atom. The monoisotopic (exact) mass is 461 g/mol. The van der Waals surface area contributed by atoms with Gasteiger partial charge in [-0.1, -0.05) is 82.6 Å². The van der Waals surface area contributed by atoms with E-state index < -0.39 is 18.0 Å². The first kappa shape index (κ1) is 28.9. The predicted octanol–water partition coefficient (Wildman–Crippen LogP) is 6.39. The van der Waals surface area contributed by atoms with Crippen LogP contribution in [-0.4, -0.2) is 28.3 Å². The summed E-state index contributed by atoms with van der Waals surface area (Å²) in [7, 11) is 0. The number of ether oxygens (including phenoxy) is 1. The van der Waals surface area contributed by atoms with Gasteiger partial charge in [0, 0.05) is 12.8 Å². The zero-order valence-electron chi connectivity index (χ0n) is 20.3. The van der Waals surface area contributed by atoms with Crippen molar-refractivity contribution < 1.29 is 24.6 Å². The molecule has 1 rings (SSSR count). The maximum absolute atomic E-state index is 12.1. The fourth-order valence-corrected chi connectivity index (χ4v) is 3.62. The van der Waals surface area contributed by atoms with Crippen LogP contribution >= 0.6 is 0 Å². The number of phenolic OH excluding ortho intramolecular Hbond substituents is 1. The number of carbonyl (C=O) groups excluding carboxylic acids is 2. The standard InChI is InChI=1S/C27H43NO5/c1-2-3-4-5-6-7-8-9-10-11-12-13-14-15-16-17-26(30)33-27(31)25(28-32)22-23-18-20-24(29)21-19-23/h9-10,18-21,25,28-29,32H,2-8,11-17,22H2,1H3/t25-/m0/s1. The van der Waals surface area contributed by atoms with E-state index in [9.17, 15) is 19.9 Å². The van der Waals surface area contributed by atoms with Crippen LogP contribution in [0.4, 0.5) is 0 Å². The molecule has 0 heterocycles. The van der Waals surface area contributed by atoms with Crippen molar-refractivity contribution in [2.75, 3.05) is 0 Å². The zero-order chi connectivity index (χ0) is 24.2. The average Bonchev–Trinajstić information content (AvgIpc) is 2.81. The summed E-state index contributed by atoms with van der Waals surface area (Å²) in [6.45, 7) is 2.24. The number of benzene rings is 1. The number of allylic oxidation sites excluding steroid dienone is 2. The molecule has 6 nitrogen and oxygen atoms in total. The molecule has 33 heavy (non-hydrogen) atoms. The Morgan fingerprint density at radius 3 is 2.00 bits per heavy atom. The first-order chi connectivity index (χ1) is 16.1. The molecule has 0 radical (unpaired) electrons. The number of hydrogen-bond acceptors (Lipinski definition) is 6. The summed E-state index contributed by atoms with van der Waals surface area (Å²) in [5, 5.41) is 18.5. The zero-order valence-corrected chi connectivity index (χ0v) is 20.3. The van der Waals surface area contributed by atoms with Crippen LogP contribution in [0.1, 0.15) is 102 Å². The average molecular weight is 462 g/mol. The van der Waals surface area contributed by atoms with E-state index in [2.05, 4.69) is 19.1 Å². The van der Waals surface area contributed by atoms with Gasteiger partial charge in [-0.15, -0.1) is 0 Å². The van der Waals surface area contributed by atoms with Crippen LogP contribution in [0, 0.1) is 0 Å². The lowest BCUT2D eigenvalue weighted by molar-refractivity contribution is -0.162. The quantitative estimate of drug-likeness (QED) is 0.0726. The van der Waals surface area contributed by atoms with Crippen LogP contribution in [0.2, 0.25) is 0 Å². The third kappa shape index (κ3) is 15.3. The van der Waals surface area contributed by atoms with Gasteiger partial charge in [0.15, 0.2) is 0 Å². The molecule has 0 bridgehead atoms. The summed E-state index contributed by atoms with van der Waals surface area (Å²) in [5.41, 5.74) is 2.62. The summed E-state index contributed by atoms with van der Waals surface area (Å²) in [6.07, 6.45) is 20.3. The number of esters is 2. The topological polar surface area (TPSA) is 95.9 Å². The normalized spacial score (nSPS) is 12.2. The molecular formula is C27H43NO5. The van der Waals surface area contributed by atoms with E-state index in [1.807, 2.05) is 5.48 Å². The molecule has 0 spiro atoms. The van der Waals surface area contributed by atoms with Gasteiger partial charge in [0.05, 0.1) is 0 Å². The smallest absolute Gasteiger partial charge is 0.333 e. The molecule has 0 aliphatic rings. The number of carbonyl (C=O) groups is 2. The third-order valence-corrected chi connectivity index (χ3v) is 5.67. The molecule has 0 amide bonds. The van der Waals surface area contributed by atoms with E-state index in [1.165, 1.54) is 57.1 Å². The molecule has 3 N–H and O–H groups in total. The highest BCUT2D eigenvalue weighted by atomic mass is 16.6. The Labute approximate surface area is 199 Å². The van der Waals surface area contributed by atoms with Crippen molar-refractivity contribution in [3.05, 3.63) is 42.0 Å². The number of phenols is 1. The van der Waals surface area contributed by atoms with E-state index >= 15 is 0 Å². The molecule has 0 saturated heterocycles. The molecule has 0 aromatic heterocycles. The van der Waals surface area contributed by atoms with Gasteiger partial charge in [-0.3, -0.25) is 4.79 Å². The van der Waals surface area contributed by atoms with Gasteiger partial charge in [0.25, 0.3) is 0 Å². The molecule has 0 unspecified atom stereocenters. The van der Waals surface area contributed by atoms with Crippen LogP contribution in [0.3, 0.4) is 0 Å². The third-order valence-electron chi connectivity index (χ3n) is 5.67. The van der Waals surface area contributed by atoms with Crippen molar-refractivity contribution in [2.45, 2.75) is 109 Å². The lowest BCUT2D eigenvalue weighted by Gasteiger charge is -2.13. The second kappa shape index (κ2) is 19.3. The first-order valence-electron chi connectivity index (χ1n) is 12.6. The Kier molecular flexibility index (Phi) is 16.9. The number of hydroxylamine groups is 1. The number of aromatic hydroxyl groups is 1. The van der Waals surface area contributed by atoms with Crippen LogP contribution in [-0.2, 0) is 20.7 Å². The van der Waals surface area contributed by atoms with Crippen LogP contribution in [0.15, 0.2) is 36.4 Å². The predicted molar refractivity (Wildman–Crippen MR) is 131 cm³/mol. The Bertz CT molecular complexity index is 672. The van der Waals surface area contributed by atoms with Crippen molar-refractivity contribution in [1.29, 1.82) is 0 Å². The lowest BCUT2D eigenvalue weighted by atomic mass is 10.1. The fraction of sp³-hybridized carbons (Fsp3) is 0.630. The summed E-state index contributed by atoms with van der Waals surface area (Å²) >= 11 is 0. The molecule has 0 aliphatic heterocycles. The lowest BCUT2D eigenvalue weighted by Crippen LogP contribution is -2.38. The van der Waals surface area contributed by atoms with E-state index in [0.717, 1.165) is 37.7 Å². The van der Waals surface area contributed by atoms with Crippen LogP contribution < -0.4 is 5.48 Å². The van der Waals surface area contributed by atoms with Gasteiger partial charge >= 0.3 is 11.9 Å². The highest BCUT2D eigenvalue weighted by molar-refractivity contribution is 5.88. The summed E-state index contributed by atoms with van der Waals surface area (Å²) in [6, 6.07) is 5.23. The van der Waals surface area contributed by atoms with E-state index in [1.54, 1.807) is 12.1 Å². The van der Waals surface area contributed by atoms with Crippen molar-refractivity contribution in [3.8, 4) is 5.75 Å². The molecule has 1 atom stereocenters. The second-order valence-corrected chi connectivity index (χ2v) is 8.68. The number of unbranched alkanes of at least 4 members (excludes halogenated alkanes) is 11. The Hall–Kier alpha value is -2.18. The summed E-state index contributed by atoms with van der Waals surface area (Å²) < 4.78 is 4.86. The minimum Gasteiger partial charge on any atom is -0.508 e. The van der Waals surface area contributed by atoms with Gasteiger partial charge in [0.1, 0.15) is 11.8 Å². The van der Waals surface area contributed by atoms with Crippen molar-refractivity contribution in [3.63, 3.8) is 0 Å². The van der Waals surface area contributed by atoms with Gasteiger partial charge in [-0.25, -0.2) is 4.79 Å². The van der Waals surface area contributed by atoms with Crippen LogP contribution in [0.5, 0.6) is 5.75 Å². The molecule has 1 aromatic rings. The highest BCUT2D eigenvalue weighted by Gasteiger charge is 2.22. The number of nitrogens with one attached hydrogen (secondary N) is 1. The fourth-order valence-electron chi connectivity index (χ4n) is 3.62. The Morgan fingerprint density at radius 2 is 1.42 bits per heavy atom. The minimum atomic E-state index is -1.03. The minimum absolute atomic E-state index is 0.116.